The largest absolute Gasteiger partial charge is 0.432 e. The molecule has 2 aliphatic rings. The summed E-state index contributed by atoms with van der Waals surface area (Å²) in [4.78, 5) is 38.9. The Morgan fingerprint density at radius 1 is 1.25 bits per heavy atom. The first-order valence-electron chi connectivity index (χ1n) is 13.2. The van der Waals surface area contributed by atoms with Gasteiger partial charge in [-0.1, -0.05) is 24.3 Å². The number of nitro benzene ring substituents is 1. The molecule has 212 valence electrons. The smallest absolute Gasteiger partial charge is 0.269 e. The fourth-order valence-corrected chi connectivity index (χ4v) is 9.57. The van der Waals surface area contributed by atoms with E-state index in [1.54, 1.807) is 21.8 Å². The second-order valence-corrected chi connectivity index (χ2v) is 16.3. The van der Waals surface area contributed by atoms with Crippen molar-refractivity contribution in [1.82, 2.24) is 15.0 Å². The number of fused-ring (bicyclic) bond motifs is 2. The average Bonchev–Trinajstić information content (AvgIpc) is 3.53. The van der Waals surface area contributed by atoms with Crippen molar-refractivity contribution in [3.05, 3.63) is 79.2 Å². The molecule has 4 atom stereocenters. The molecule has 5 rings (SSSR count). The third-order valence-electron chi connectivity index (χ3n) is 8.00. The lowest BCUT2D eigenvalue weighted by Gasteiger charge is -2.32. The number of carbonyl (C=O) groups is 1. The van der Waals surface area contributed by atoms with Gasteiger partial charge in [-0.05, 0) is 65.9 Å². The van der Waals surface area contributed by atoms with Crippen LogP contribution in [0.25, 0.3) is 0 Å². The molecule has 13 heteroatoms. The summed E-state index contributed by atoms with van der Waals surface area (Å²) < 4.78 is 9.47. The monoisotopic (exact) mass is 677 g/mol. The molecule has 3 heterocycles. The van der Waals surface area contributed by atoms with Gasteiger partial charge in [-0.2, -0.15) is 0 Å². The van der Waals surface area contributed by atoms with Gasteiger partial charge >= 0.3 is 0 Å². The molecule has 3 aromatic rings. The Hall–Kier alpha value is -2.72. The maximum atomic E-state index is 14.4. The summed E-state index contributed by atoms with van der Waals surface area (Å²) in [5, 5.41) is 29.2. The van der Waals surface area contributed by atoms with Crippen LogP contribution in [0.1, 0.15) is 30.2 Å². The number of aryl methyl sites for hydroxylation is 1. The van der Waals surface area contributed by atoms with E-state index in [0.717, 1.165) is 9.13 Å². The lowest BCUT2D eigenvalue weighted by Crippen LogP contribution is -2.46. The first-order valence-corrected chi connectivity index (χ1v) is 17.3. The molecule has 40 heavy (non-hydrogen) atoms. The predicted octanol–water partition coefficient (Wildman–Crippen LogP) is 3.76. The second-order valence-electron chi connectivity index (χ2n) is 11.1. The summed E-state index contributed by atoms with van der Waals surface area (Å²) in [6.45, 7) is 6.31. The third-order valence-corrected chi connectivity index (χ3v) is 11.2. The van der Waals surface area contributed by atoms with Gasteiger partial charge in [-0.25, -0.2) is 0 Å². The summed E-state index contributed by atoms with van der Waals surface area (Å²) in [7, 11) is -2.89. The van der Waals surface area contributed by atoms with E-state index in [4.69, 9.17) is 4.74 Å². The average molecular weight is 678 g/mol. The molecule has 1 amide bonds. The summed E-state index contributed by atoms with van der Waals surface area (Å²) >= 11 is 2.23. The van der Waals surface area contributed by atoms with Gasteiger partial charge in [0.1, 0.15) is 0 Å². The number of nitro groups is 1. The Balaban J connectivity index is 1.55. The van der Waals surface area contributed by atoms with E-state index in [1.807, 2.05) is 44.3 Å². The minimum Gasteiger partial charge on any atom is -0.432 e. The first-order chi connectivity index (χ1) is 19.0. The molecule has 0 unspecified atom stereocenters. The van der Waals surface area contributed by atoms with Crippen molar-refractivity contribution >= 4 is 48.2 Å². The number of aliphatic hydroxyl groups is 1. The number of ether oxygens (including phenoxy) is 1. The van der Waals surface area contributed by atoms with E-state index < -0.39 is 30.9 Å². The molecule has 1 aromatic heterocycles. The predicted molar refractivity (Wildman–Crippen MR) is 158 cm³/mol. The van der Waals surface area contributed by atoms with Crippen molar-refractivity contribution < 1.29 is 24.4 Å². The maximum Gasteiger partial charge on any atom is 0.269 e. The number of non-ortho nitro benzene ring substituents is 1. The normalized spacial score (nSPS) is 24.2. The van der Waals surface area contributed by atoms with Crippen LogP contribution < -0.4 is 4.90 Å². The van der Waals surface area contributed by atoms with Gasteiger partial charge in [-0.15, -0.1) is 5.10 Å². The maximum absolute atomic E-state index is 14.4. The number of anilines is 1. The number of benzene rings is 2. The fraction of sp³-hybridized carbons (Fsp3) is 0.444. The van der Waals surface area contributed by atoms with Crippen LogP contribution in [-0.4, -0.2) is 56.8 Å². The van der Waals surface area contributed by atoms with Gasteiger partial charge in [0.25, 0.3) is 11.6 Å². The number of aromatic nitrogens is 3. The molecule has 2 aliphatic heterocycles. The zero-order valence-electron chi connectivity index (χ0n) is 22.5. The first kappa shape index (κ1) is 28.8. The number of hydrogen-bond donors (Lipinski definition) is 2. The van der Waals surface area contributed by atoms with E-state index in [-0.39, 0.29) is 23.7 Å². The quantitative estimate of drug-likeness (QED) is 0.151. The Morgan fingerprint density at radius 3 is 2.70 bits per heavy atom. The molecule has 0 saturated carbocycles. The number of carbonyl (C=O) groups excluding carboxylic acids is 1. The molecule has 0 bridgehead atoms. The molecule has 11 nitrogen and oxygen atoms in total. The molecular formula is C27H32IN5O6Si. The molecule has 2 N–H and O–H groups in total. The van der Waals surface area contributed by atoms with E-state index >= 15 is 0 Å². The molecular weight excluding hydrogens is 645 g/mol. The highest BCUT2D eigenvalue weighted by atomic mass is 127. The number of halogens is 1. The van der Waals surface area contributed by atoms with Crippen LogP contribution in [0.3, 0.4) is 0 Å². The number of hydrogen-bond acceptors (Lipinski definition) is 8. The minimum absolute atomic E-state index is 0.0247. The summed E-state index contributed by atoms with van der Waals surface area (Å²) in [5.74, 6) is -0.704. The Morgan fingerprint density at radius 2 is 2.02 bits per heavy atom. The summed E-state index contributed by atoms with van der Waals surface area (Å²) in [6, 6.07) is 12.4. The summed E-state index contributed by atoms with van der Waals surface area (Å²) in [5.41, 5.74) is 0.771. The van der Waals surface area contributed by atoms with Crippen molar-refractivity contribution in [1.29, 1.82) is 0 Å². The van der Waals surface area contributed by atoms with Gasteiger partial charge in [0.2, 0.25) is 0 Å². The second kappa shape index (κ2) is 10.9. The molecule has 0 aliphatic carbocycles. The fourth-order valence-electron chi connectivity index (χ4n) is 6.36. The Kier molecular flexibility index (Phi) is 7.87. The molecule has 0 radical (unpaired) electrons. The van der Waals surface area contributed by atoms with Crippen molar-refractivity contribution in [3.63, 3.8) is 0 Å². The van der Waals surface area contributed by atoms with Crippen LogP contribution >= 0.6 is 22.6 Å². The lowest BCUT2D eigenvalue weighted by atomic mass is 9.82. The SMILES string of the molecule is C[C@@H]1[C@@H]([Si](C)(C)O)[C@H](CCn2cc(CCO)nn2)O[C@@]12C(=O)N(Cc1cccc(I)c1)c1ccc([N+](=O)[O-])cc12. The number of amides is 1. The highest BCUT2D eigenvalue weighted by Crippen LogP contribution is 2.60. The van der Waals surface area contributed by atoms with Gasteiger partial charge in [0.05, 0.1) is 29.0 Å². The van der Waals surface area contributed by atoms with Crippen molar-refractivity contribution in [2.75, 3.05) is 11.5 Å². The van der Waals surface area contributed by atoms with Crippen LogP contribution in [0.5, 0.6) is 0 Å². The van der Waals surface area contributed by atoms with Crippen molar-refractivity contribution in [2.24, 2.45) is 5.92 Å². The number of rotatable bonds is 9. The van der Waals surface area contributed by atoms with Gasteiger partial charge in [-0.3, -0.25) is 19.6 Å². The van der Waals surface area contributed by atoms with Gasteiger partial charge in [0, 0.05) is 58.5 Å². The van der Waals surface area contributed by atoms with Gasteiger partial charge in [0.15, 0.2) is 13.9 Å². The van der Waals surface area contributed by atoms with E-state index in [0.29, 0.717) is 42.9 Å². The minimum atomic E-state index is -2.89. The van der Waals surface area contributed by atoms with Crippen LogP contribution in [0, 0.1) is 19.6 Å². The summed E-state index contributed by atoms with van der Waals surface area (Å²) in [6.07, 6.45) is 2.15. The lowest BCUT2D eigenvalue weighted by molar-refractivity contribution is -0.385. The molecule has 1 spiro atoms. The zero-order valence-corrected chi connectivity index (χ0v) is 25.7. The number of nitrogens with zero attached hydrogens (tertiary/aromatic N) is 5. The van der Waals surface area contributed by atoms with Crippen LogP contribution in [-0.2, 0) is 34.6 Å². The standard InChI is InChI=1S/C27H32IN5O6Si/c1-17-25(40(2,3)38)24(9-11-31-16-20(10-12-34)29-30-31)39-27(17)22-14-21(33(36)37)7-8-23(22)32(26(27)35)15-18-5-4-6-19(28)13-18/h4-8,13-14,16-17,24-25,34,38H,9-12,15H2,1-3H3/t17-,24+,25-,27+/m1/s1. The third kappa shape index (κ3) is 5.09. The van der Waals surface area contributed by atoms with E-state index in [2.05, 4.69) is 32.9 Å². The molecule has 1 saturated heterocycles. The highest BCUT2D eigenvalue weighted by Gasteiger charge is 2.66. The zero-order chi connectivity index (χ0) is 28.8. The highest BCUT2D eigenvalue weighted by molar-refractivity contribution is 14.1. The Bertz CT molecular complexity index is 1440. The Labute approximate surface area is 246 Å². The van der Waals surface area contributed by atoms with E-state index in [9.17, 15) is 24.8 Å². The van der Waals surface area contributed by atoms with Crippen molar-refractivity contribution in [2.45, 2.75) is 63.2 Å². The number of aliphatic hydroxyl groups excluding tert-OH is 1. The van der Waals surface area contributed by atoms with Crippen LogP contribution in [0.4, 0.5) is 11.4 Å². The van der Waals surface area contributed by atoms with Gasteiger partial charge < -0.3 is 19.5 Å². The van der Waals surface area contributed by atoms with E-state index in [1.165, 1.54) is 12.1 Å². The topological polar surface area (TPSA) is 144 Å². The van der Waals surface area contributed by atoms with Crippen LogP contribution in [0.2, 0.25) is 18.6 Å². The van der Waals surface area contributed by atoms with Crippen LogP contribution in [0.15, 0.2) is 48.7 Å². The molecule has 1 fully saturated rings. The van der Waals surface area contributed by atoms with Crippen molar-refractivity contribution in [3.8, 4) is 0 Å². The molecule has 2 aromatic carbocycles.